The van der Waals surface area contributed by atoms with Gasteiger partial charge >= 0.3 is 0 Å². The summed E-state index contributed by atoms with van der Waals surface area (Å²) < 4.78 is 24.2. The average molecular weight is 275 g/mol. The maximum Gasteiger partial charge on any atom is 0.227 e. The summed E-state index contributed by atoms with van der Waals surface area (Å²) in [7, 11) is -3.13. The second-order valence-electron chi connectivity index (χ2n) is 5.19. The van der Waals surface area contributed by atoms with E-state index in [0.29, 0.717) is 26.2 Å². The molecule has 2 atom stereocenters. The molecule has 18 heavy (non-hydrogen) atoms. The fraction of sp³-hybridized carbons (Fsp3) is 0.909. The maximum atomic E-state index is 12.2. The summed E-state index contributed by atoms with van der Waals surface area (Å²) in [4.78, 5) is 14.0. The quantitative estimate of drug-likeness (QED) is 0.716. The molecule has 1 amide bonds. The molecule has 1 aliphatic carbocycles. The van der Waals surface area contributed by atoms with Gasteiger partial charge in [0.2, 0.25) is 15.9 Å². The lowest BCUT2D eigenvalue weighted by molar-refractivity contribution is -0.136. The molecule has 1 saturated carbocycles. The van der Waals surface area contributed by atoms with Crippen molar-refractivity contribution in [3.05, 3.63) is 0 Å². The Hall–Kier alpha value is -0.660. The van der Waals surface area contributed by atoms with E-state index in [0.717, 1.165) is 19.3 Å². The van der Waals surface area contributed by atoms with Gasteiger partial charge in [-0.05, 0) is 12.8 Å². The SMILES string of the molecule is CS(=O)(=O)N1CCN(C(=O)C2CCCC2N)CC1. The number of piperazine rings is 1. The minimum atomic E-state index is -3.13. The van der Waals surface area contributed by atoms with Gasteiger partial charge in [0.25, 0.3) is 0 Å². The van der Waals surface area contributed by atoms with Crippen LogP contribution in [0.3, 0.4) is 0 Å². The van der Waals surface area contributed by atoms with Crippen molar-refractivity contribution < 1.29 is 13.2 Å². The van der Waals surface area contributed by atoms with Crippen molar-refractivity contribution in [1.29, 1.82) is 0 Å². The number of hydrogen-bond acceptors (Lipinski definition) is 4. The molecule has 2 N–H and O–H groups in total. The Labute approximate surface area is 108 Å². The van der Waals surface area contributed by atoms with Crippen LogP contribution in [0.5, 0.6) is 0 Å². The molecular formula is C11H21N3O3S. The third-order valence-corrected chi connectivity index (χ3v) is 5.21. The Kier molecular flexibility index (Phi) is 3.93. The largest absolute Gasteiger partial charge is 0.340 e. The summed E-state index contributed by atoms with van der Waals surface area (Å²) in [5.74, 6) is 0.0444. The molecule has 2 aliphatic rings. The van der Waals surface area contributed by atoms with E-state index >= 15 is 0 Å². The third kappa shape index (κ3) is 2.84. The maximum absolute atomic E-state index is 12.2. The number of sulfonamides is 1. The standard InChI is InChI=1S/C11H21N3O3S/c1-18(16,17)14-7-5-13(6-8-14)11(15)9-3-2-4-10(9)12/h9-10H,2-8,12H2,1H3. The zero-order chi connectivity index (χ0) is 13.3. The summed E-state index contributed by atoms with van der Waals surface area (Å²) >= 11 is 0. The molecule has 7 heteroatoms. The van der Waals surface area contributed by atoms with Gasteiger partial charge in [-0.15, -0.1) is 0 Å². The highest BCUT2D eigenvalue weighted by Crippen LogP contribution is 2.26. The molecule has 0 radical (unpaired) electrons. The Morgan fingerprint density at radius 1 is 1.17 bits per heavy atom. The molecule has 1 heterocycles. The second-order valence-corrected chi connectivity index (χ2v) is 7.17. The third-order valence-electron chi connectivity index (χ3n) is 3.91. The fourth-order valence-electron chi connectivity index (χ4n) is 2.77. The van der Waals surface area contributed by atoms with Crippen LogP contribution < -0.4 is 5.73 Å². The number of rotatable bonds is 2. The zero-order valence-electron chi connectivity index (χ0n) is 10.7. The van der Waals surface area contributed by atoms with Crippen LogP contribution in [-0.4, -0.2) is 62.0 Å². The van der Waals surface area contributed by atoms with Gasteiger partial charge in [-0.3, -0.25) is 4.79 Å². The van der Waals surface area contributed by atoms with Gasteiger partial charge in [0.1, 0.15) is 0 Å². The zero-order valence-corrected chi connectivity index (χ0v) is 11.5. The second kappa shape index (κ2) is 5.14. The van der Waals surface area contributed by atoms with E-state index in [4.69, 9.17) is 5.73 Å². The summed E-state index contributed by atoms with van der Waals surface area (Å²) in [5.41, 5.74) is 5.93. The van der Waals surface area contributed by atoms with Crippen LogP contribution in [0.15, 0.2) is 0 Å². The van der Waals surface area contributed by atoms with Gasteiger partial charge in [-0.1, -0.05) is 6.42 Å². The lowest BCUT2D eigenvalue weighted by Gasteiger charge is -2.35. The highest BCUT2D eigenvalue weighted by molar-refractivity contribution is 7.88. The first-order valence-electron chi connectivity index (χ1n) is 6.39. The van der Waals surface area contributed by atoms with Gasteiger partial charge < -0.3 is 10.6 Å². The van der Waals surface area contributed by atoms with Crippen molar-refractivity contribution in [3.63, 3.8) is 0 Å². The van der Waals surface area contributed by atoms with E-state index in [1.54, 1.807) is 4.90 Å². The van der Waals surface area contributed by atoms with Crippen LogP contribution in [0.25, 0.3) is 0 Å². The minimum absolute atomic E-state index is 0.0227. The van der Waals surface area contributed by atoms with E-state index in [1.807, 2.05) is 0 Å². The first-order chi connectivity index (χ1) is 8.39. The topological polar surface area (TPSA) is 83.7 Å². The lowest BCUT2D eigenvalue weighted by Crippen LogP contribution is -2.52. The van der Waals surface area contributed by atoms with Gasteiger partial charge in [0, 0.05) is 32.2 Å². The molecular weight excluding hydrogens is 254 g/mol. The minimum Gasteiger partial charge on any atom is -0.340 e. The van der Waals surface area contributed by atoms with Crippen molar-refractivity contribution in [2.45, 2.75) is 25.3 Å². The molecule has 2 fully saturated rings. The fourth-order valence-corrected chi connectivity index (χ4v) is 3.60. The number of carbonyl (C=O) groups is 1. The van der Waals surface area contributed by atoms with Gasteiger partial charge in [-0.25, -0.2) is 8.42 Å². The summed E-state index contributed by atoms with van der Waals surface area (Å²) in [6.45, 7) is 1.75. The smallest absolute Gasteiger partial charge is 0.227 e. The predicted molar refractivity (Wildman–Crippen MR) is 68.3 cm³/mol. The van der Waals surface area contributed by atoms with Crippen molar-refractivity contribution >= 4 is 15.9 Å². The summed E-state index contributed by atoms with van der Waals surface area (Å²) in [5, 5.41) is 0. The van der Waals surface area contributed by atoms with Crippen molar-refractivity contribution in [2.24, 2.45) is 11.7 Å². The van der Waals surface area contributed by atoms with Gasteiger partial charge in [0.05, 0.1) is 12.2 Å². The van der Waals surface area contributed by atoms with E-state index in [1.165, 1.54) is 10.6 Å². The van der Waals surface area contributed by atoms with Crippen LogP contribution in [-0.2, 0) is 14.8 Å². The molecule has 0 aromatic heterocycles. The molecule has 0 aromatic carbocycles. The Morgan fingerprint density at radius 2 is 1.78 bits per heavy atom. The van der Waals surface area contributed by atoms with Gasteiger partial charge in [-0.2, -0.15) is 4.31 Å². The monoisotopic (exact) mass is 275 g/mol. The first-order valence-corrected chi connectivity index (χ1v) is 8.24. The Balaban J connectivity index is 1.92. The predicted octanol–water partition coefficient (Wildman–Crippen LogP) is -0.782. The number of nitrogens with two attached hydrogens (primary N) is 1. The van der Waals surface area contributed by atoms with E-state index < -0.39 is 10.0 Å². The normalized spacial score (nSPS) is 30.7. The van der Waals surface area contributed by atoms with Gasteiger partial charge in [0.15, 0.2) is 0 Å². The molecule has 1 aliphatic heterocycles. The van der Waals surface area contributed by atoms with Crippen LogP contribution in [0, 0.1) is 5.92 Å². The Morgan fingerprint density at radius 3 is 2.22 bits per heavy atom. The molecule has 1 saturated heterocycles. The van der Waals surface area contributed by atoms with Crippen molar-refractivity contribution in [1.82, 2.24) is 9.21 Å². The van der Waals surface area contributed by atoms with Crippen LogP contribution in [0.1, 0.15) is 19.3 Å². The van der Waals surface area contributed by atoms with Crippen LogP contribution in [0.4, 0.5) is 0 Å². The van der Waals surface area contributed by atoms with E-state index in [2.05, 4.69) is 0 Å². The molecule has 2 unspecified atom stereocenters. The number of nitrogens with zero attached hydrogens (tertiary/aromatic N) is 2. The number of amides is 1. The number of hydrogen-bond donors (Lipinski definition) is 1. The molecule has 2 rings (SSSR count). The van der Waals surface area contributed by atoms with E-state index in [9.17, 15) is 13.2 Å². The number of carbonyl (C=O) groups excluding carboxylic acids is 1. The molecule has 0 bridgehead atoms. The van der Waals surface area contributed by atoms with Crippen LogP contribution >= 0.6 is 0 Å². The molecule has 104 valence electrons. The van der Waals surface area contributed by atoms with Crippen LogP contribution in [0.2, 0.25) is 0 Å². The molecule has 0 aromatic rings. The summed E-state index contributed by atoms with van der Waals surface area (Å²) in [6.07, 6.45) is 4.00. The van der Waals surface area contributed by atoms with Crippen molar-refractivity contribution in [3.8, 4) is 0 Å². The molecule has 6 nitrogen and oxygen atoms in total. The molecule has 0 spiro atoms. The summed E-state index contributed by atoms with van der Waals surface area (Å²) in [6, 6.07) is -0.0227. The van der Waals surface area contributed by atoms with Crippen molar-refractivity contribution in [2.75, 3.05) is 32.4 Å². The highest BCUT2D eigenvalue weighted by Gasteiger charge is 2.35. The average Bonchev–Trinajstić information content (AvgIpc) is 2.73. The Bertz CT molecular complexity index is 415. The highest BCUT2D eigenvalue weighted by atomic mass is 32.2. The van der Waals surface area contributed by atoms with E-state index in [-0.39, 0.29) is 17.9 Å². The first kappa shape index (κ1) is 13.8. The lowest BCUT2D eigenvalue weighted by atomic mass is 10.0.